The van der Waals surface area contributed by atoms with Crippen molar-refractivity contribution in [3.8, 4) is 16.9 Å². The Morgan fingerprint density at radius 2 is 1.63 bits per heavy atom. The molecule has 2 aliphatic rings. The van der Waals surface area contributed by atoms with E-state index in [4.69, 9.17) is 4.74 Å². The lowest BCUT2D eigenvalue weighted by Crippen LogP contribution is -2.26. The van der Waals surface area contributed by atoms with Crippen LogP contribution in [0.4, 0.5) is 17.6 Å². The Labute approximate surface area is 175 Å². The highest BCUT2D eigenvalue weighted by Crippen LogP contribution is 2.50. The largest absolute Gasteiger partial charge is 0.491 e. The maximum Gasteiger partial charge on any atom is 0.280 e. The number of benzene rings is 2. The van der Waals surface area contributed by atoms with Crippen LogP contribution < -0.4 is 4.74 Å². The normalized spacial score (nSPS) is 22.3. The molecule has 0 aliphatic heterocycles. The average molecular weight is 420 g/mol. The number of ether oxygens (including phenoxy) is 1. The van der Waals surface area contributed by atoms with Gasteiger partial charge in [0.2, 0.25) is 0 Å². The maximum absolute atomic E-state index is 15.5. The van der Waals surface area contributed by atoms with Gasteiger partial charge in [-0.2, -0.15) is 0 Å². The Bertz CT molecular complexity index is 929. The molecular formula is C25H28F4O. The molecule has 4 rings (SSSR count). The van der Waals surface area contributed by atoms with Crippen LogP contribution in [0.5, 0.6) is 5.75 Å². The Hall–Kier alpha value is -2.04. The molecule has 2 aliphatic carbocycles. The number of fused-ring (bicyclic) bond motifs is 3. The molecule has 0 bridgehead atoms. The molecule has 5 heteroatoms. The lowest BCUT2D eigenvalue weighted by Gasteiger charge is -2.32. The van der Waals surface area contributed by atoms with E-state index in [-0.39, 0.29) is 29.4 Å². The highest BCUT2D eigenvalue weighted by molar-refractivity contribution is 5.76. The molecule has 0 amide bonds. The summed E-state index contributed by atoms with van der Waals surface area (Å²) in [6, 6.07) is 6.19. The lowest BCUT2D eigenvalue weighted by molar-refractivity contribution is -0.00964. The van der Waals surface area contributed by atoms with Crippen molar-refractivity contribution in [2.24, 2.45) is 5.92 Å². The smallest absolute Gasteiger partial charge is 0.280 e. The third kappa shape index (κ3) is 3.61. The molecule has 0 heterocycles. The molecule has 1 fully saturated rings. The lowest BCUT2D eigenvalue weighted by atomic mass is 9.75. The zero-order valence-corrected chi connectivity index (χ0v) is 17.5. The summed E-state index contributed by atoms with van der Waals surface area (Å²) in [6.45, 7) is 4.02. The van der Waals surface area contributed by atoms with Gasteiger partial charge in [-0.05, 0) is 73.3 Å². The quantitative estimate of drug-likeness (QED) is 0.449. The van der Waals surface area contributed by atoms with Crippen LogP contribution in [0.25, 0.3) is 11.1 Å². The van der Waals surface area contributed by atoms with E-state index in [2.05, 4.69) is 6.92 Å². The van der Waals surface area contributed by atoms with Crippen LogP contribution in [0.3, 0.4) is 0 Å². The van der Waals surface area contributed by atoms with E-state index in [0.29, 0.717) is 17.0 Å². The van der Waals surface area contributed by atoms with E-state index in [1.165, 1.54) is 18.6 Å². The molecule has 162 valence electrons. The van der Waals surface area contributed by atoms with Crippen molar-refractivity contribution in [1.82, 2.24) is 0 Å². The molecule has 1 saturated carbocycles. The molecule has 2 aromatic carbocycles. The summed E-state index contributed by atoms with van der Waals surface area (Å²) in [5, 5.41) is 0. The van der Waals surface area contributed by atoms with Crippen LogP contribution in [0.1, 0.15) is 75.0 Å². The first kappa shape index (κ1) is 21.2. The molecule has 30 heavy (non-hydrogen) atoms. The third-order valence-corrected chi connectivity index (χ3v) is 6.72. The minimum Gasteiger partial charge on any atom is -0.491 e. The summed E-state index contributed by atoms with van der Waals surface area (Å²) in [6.07, 6.45) is 5.40. The van der Waals surface area contributed by atoms with Crippen LogP contribution in [-0.2, 0) is 12.3 Å². The van der Waals surface area contributed by atoms with Crippen LogP contribution in [0.2, 0.25) is 0 Å². The van der Waals surface area contributed by atoms with Crippen LogP contribution in [0.15, 0.2) is 24.3 Å². The summed E-state index contributed by atoms with van der Waals surface area (Å²) < 4.78 is 65.4. The van der Waals surface area contributed by atoms with Gasteiger partial charge in [-0.1, -0.05) is 31.9 Å². The number of halogens is 4. The fourth-order valence-corrected chi connectivity index (χ4v) is 5.27. The van der Waals surface area contributed by atoms with E-state index in [0.717, 1.165) is 32.1 Å². The molecular weight excluding hydrogens is 392 g/mol. The Morgan fingerprint density at radius 1 is 0.933 bits per heavy atom. The molecule has 0 N–H and O–H groups in total. The average Bonchev–Trinajstić information content (AvgIpc) is 2.71. The second-order valence-electron chi connectivity index (χ2n) is 8.62. The zero-order chi connectivity index (χ0) is 21.5. The van der Waals surface area contributed by atoms with Gasteiger partial charge in [0, 0.05) is 12.0 Å². The summed E-state index contributed by atoms with van der Waals surface area (Å²) in [5.41, 5.74) is 0.268. The molecule has 2 aromatic rings. The molecule has 1 nitrogen and oxygen atoms in total. The van der Waals surface area contributed by atoms with Crippen molar-refractivity contribution >= 4 is 0 Å². The predicted octanol–water partition coefficient (Wildman–Crippen LogP) is 7.75. The summed E-state index contributed by atoms with van der Waals surface area (Å²) in [7, 11) is 0. The Kier molecular flexibility index (Phi) is 5.82. The standard InChI is InChI=1S/C25H28F4O/c1-3-5-15-6-8-16(9-7-15)17-10-11-18-19-12-13-21(30-4-2)24(27)22(19)25(28,29)14-20(18)23(17)26/h10-13,15-16H,3-9,14H2,1-2H3. The summed E-state index contributed by atoms with van der Waals surface area (Å²) in [4.78, 5) is 0. The van der Waals surface area contributed by atoms with Crippen LogP contribution in [0, 0.1) is 17.6 Å². The first-order valence-electron chi connectivity index (χ1n) is 11.0. The molecule has 0 saturated heterocycles. The van der Waals surface area contributed by atoms with Crippen molar-refractivity contribution in [3.63, 3.8) is 0 Å². The molecule has 0 aromatic heterocycles. The first-order valence-corrected chi connectivity index (χ1v) is 11.0. The number of alkyl halides is 2. The van der Waals surface area contributed by atoms with Gasteiger partial charge in [0.25, 0.3) is 5.92 Å². The summed E-state index contributed by atoms with van der Waals surface area (Å²) in [5.74, 6) is -4.52. The SMILES string of the molecule is CCCC1CCC(c2ccc3c(c2F)CC(F)(F)c2c-3ccc(OCC)c2F)CC1. The van der Waals surface area contributed by atoms with Gasteiger partial charge in [-0.15, -0.1) is 0 Å². The van der Waals surface area contributed by atoms with Gasteiger partial charge in [-0.25, -0.2) is 17.6 Å². The van der Waals surface area contributed by atoms with Gasteiger partial charge < -0.3 is 4.74 Å². The van der Waals surface area contributed by atoms with Crippen molar-refractivity contribution in [2.45, 2.75) is 70.6 Å². The minimum absolute atomic E-state index is 0.00393. The molecule has 0 unspecified atom stereocenters. The molecule has 0 radical (unpaired) electrons. The van der Waals surface area contributed by atoms with Crippen molar-refractivity contribution < 1.29 is 22.3 Å². The van der Waals surface area contributed by atoms with Crippen LogP contribution in [-0.4, -0.2) is 6.61 Å². The Morgan fingerprint density at radius 3 is 2.30 bits per heavy atom. The van der Waals surface area contributed by atoms with E-state index < -0.39 is 29.5 Å². The van der Waals surface area contributed by atoms with Crippen molar-refractivity contribution in [3.05, 3.63) is 52.6 Å². The second kappa shape index (κ2) is 8.24. The fourth-order valence-electron chi connectivity index (χ4n) is 5.27. The van der Waals surface area contributed by atoms with Gasteiger partial charge in [0.05, 0.1) is 12.2 Å². The Balaban J connectivity index is 1.72. The van der Waals surface area contributed by atoms with Crippen LogP contribution >= 0.6 is 0 Å². The van der Waals surface area contributed by atoms with E-state index in [1.807, 2.05) is 0 Å². The van der Waals surface area contributed by atoms with Gasteiger partial charge in [0.15, 0.2) is 11.6 Å². The minimum atomic E-state index is -3.49. The molecule has 0 atom stereocenters. The topological polar surface area (TPSA) is 9.23 Å². The zero-order valence-electron chi connectivity index (χ0n) is 17.5. The predicted molar refractivity (Wildman–Crippen MR) is 110 cm³/mol. The summed E-state index contributed by atoms with van der Waals surface area (Å²) >= 11 is 0. The van der Waals surface area contributed by atoms with Gasteiger partial charge in [-0.3, -0.25) is 0 Å². The van der Waals surface area contributed by atoms with Gasteiger partial charge >= 0.3 is 0 Å². The third-order valence-electron chi connectivity index (χ3n) is 6.72. The van der Waals surface area contributed by atoms with E-state index in [1.54, 1.807) is 19.1 Å². The highest BCUT2D eigenvalue weighted by atomic mass is 19.3. The first-order chi connectivity index (χ1) is 14.4. The maximum atomic E-state index is 15.5. The highest BCUT2D eigenvalue weighted by Gasteiger charge is 2.44. The number of rotatable bonds is 5. The van der Waals surface area contributed by atoms with Crippen molar-refractivity contribution in [2.75, 3.05) is 6.61 Å². The number of hydrogen-bond donors (Lipinski definition) is 0. The second-order valence-corrected chi connectivity index (χ2v) is 8.62. The molecule has 0 spiro atoms. The monoisotopic (exact) mass is 420 g/mol. The van der Waals surface area contributed by atoms with Crippen molar-refractivity contribution in [1.29, 1.82) is 0 Å². The van der Waals surface area contributed by atoms with E-state index in [9.17, 15) is 13.2 Å². The number of hydrogen-bond acceptors (Lipinski definition) is 1. The fraction of sp³-hybridized carbons (Fsp3) is 0.520. The van der Waals surface area contributed by atoms with Gasteiger partial charge in [0.1, 0.15) is 5.82 Å². The van der Waals surface area contributed by atoms with E-state index >= 15 is 4.39 Å².